The van der Waals surface area contributed by atoms with Crippen molar-refractivity contribution in [2.45, 2.75) is 58.3 Å². The zero-order valence-electron chi connectivity index (χ0n) is 18.4. The molecule has 0 bridgehead atoms. The van der Waals surface area contributed by atoms with Crippen LogP contribution in [0.25, 0.3) is 11.1 Å². The van der Waals surface area contributed by atoms with E-state index in [1.54, 1.807) is 24.3 Å². The minimum atomic E-state index is -1.31. The molecule has 1 fully saturated rings. The fourth-order valence-electron chi connectivity index (χ4n) is 3.39. The molecular formula is C21H24N2O10. The molecule has 12 nitrogen and oxygen atoms in total. The topological polar surface area (TPSA) is 152 Å². The lowest BCUT2D eigenvalue weighted by Gasteiger charge is -2.44. The Morgan fingerprint density at radius 2 is 1.64 bits per heavy atom. The lowest BCUT2D eigenvalue weighted by atomic mass is 9.96. The number of oxazole rings is 1. The minimum absolute atomic E-state index is 0.171. The summed E-state index contributed by atoms with van der Waals surface area (Å²) in [4.78, 5) is 51.1. The minimum Gasteiger partial charge on any atom is -0.463 e. The molecule has 0 saturated carbocycles. The SMILES string of the molecule is CC(=O)N[C@@H]1[C@@H](Oc2nc3ccccc3o2)O[C@@H](COC(C)=O)[C@@H](OC(C)=O)[C@H]1OC(C)=O. The second-order valence-electron chi connectivity index (χ2n) is 7.29. The Bertz CT molecular complexity index is 1000. The van der Waals surface area contributed by atoms with Gasteiger partial charge in [0.15, 0.2) is 17.8 Å². The van der Waals surface area contributed by atoms with Gasteiger partial charge in [0.1, 0.15) is 24.3 Å². The summed E-state index contributed by atoms with van der Waals surface area (Å²) in [6.45, 7) is 4.41. The maximum Gasteiger partial charge on any atom is 0.397 e. The fourth-order valence-corrected chi connectivity index (χ4v) is 3.39. The van der Waals surface area contributed by atoms with Crippen LogP contribution in [0, 0.1) is 0 Å². The average Bonchev–Trinajstić information content (AvgIpc) is 3.12. The monoisotopic (exact) mass is 464 g/mol. The van der Waals surface area contributed by atoms with Gasteiger partial charge in [-0.05, 0) is 12.1 Å². The number of hydrogen-bond donors (Lipinski definition) is 1. The smallest absolute Gasteiger partial charge is 0.397 e. The molecule has 1 aromatic heterocycles. The second kappa shape index (κ2) is 10.3. The molecule has 2 aromatic rings. The molecule has 1 amide bonds. The zero-order chi connectivity index (χ0) is 24.1. The first-order valence-electron chi connectivity index (χ1n) is 10.1. The summed E-state index contributed by atoms with van der Waals surface area (Å²) in [6.07, 6.45) is -5.03. The van der Waals surface area contributed by atoms with E-state index in [1.165, 1.54) is 13.8 Å². The van der Waals surface area contributed by atoms with E-state index in [2.05, 4.69) is 10.3 Å². The van der Waals surface area contributed by atoms with Crippen molar-refractivity contribution in [3.63, 3.8) is 0 Å². The van der Waals surface area contributed by atoms with E-state index in [0.717, 1.165) is 13.8 Å². The van der Waals surface area contributed by atoms with Crippen LogP contribution in [-0.4, -0.2) is 66.0 Å². The summed E-state index contributed by atoms with van der Waals surface area (Å²) in [5.74, 6) is -2.51. The molecule has 33 heavy (non-hydrogen) atoms. The van der Waals surface area contributed by atoms with Crippen molar-refractivity contribution in [1.82, 2.24) is 10.3 Å². The van der Waals surface area contributed by atoms with Crippen LogP contribution in [0.5, 0.6) is 6.08 Å². The van der Waals surface area contributed by atoms with E-state index in [0.29, 0.717) is 11.1 Å². The third-order valence-electron chi connectivity index (χ3n) is 4.56. The van der Waals surface area contributed by atoms with Crippen molar-refractivity contribution in [2.75, 3.05) is 6.61 Å². The largest absolute Gasteiger partial charge is 0.463 e. The highest BCUT2D eigenvalue weighted by Gasteiger charge is 2.52. The number of para-hydroxylation sites is 2. The Hall–Kier alpha value is -3.67. The lowest BCUT2D eigenvalue weighted by molar-refractivity contribution is -0.259. The van der Waals surface area contributed by atoms with Gasteiger partial charge in [-0.2, -0.15) is 4.98 Å². The Labute approximate surface area is 188 Å². The van der Waals surface area contributed by atoms with Crippen LogP contribution in [-0.2, 0) is 38.1 Å². The van der Waals surface area contributed by atoms with Crippen LogP contribution < -0.4 is 10.1 Å². The molecule has 5 atom stereocenters. The predicted molar refractivity (Wildman–Crippen MR) is 109 cm³/mol. The molecule has 1 N–H and O–H groups in total. The van der Waals surface area contributed by atoms with Crippen molar-refractivity contribution >= 4 is 34.9 Å². The Balaban J connectivity index is 1.98. The number of carbonyl (C=O) groups excluding carboxylic acids is 4. The molecular weight excluding hydrogens is 440 g/mol. The van der Waals surface area contributed by atoms with E-state index in [1.807, 2.05) is 0 Å². The second-order valence-corrected chi connectivity index (χ2v) is 7.29. The summed E-state index contributed by atoms with van der Waals surface area (Å²) in [5, 5.41) is 2.60. The predicted octanol–water partition coefficient (Wildman–Crippen LogP) is 0.863. The number of ether oxygens (including phenoxy) is 5. The van der Waals surface area contributed by atoms with Crippen molar-refractivity contribution in [3.05, 3.63) is 24.3 Å². The van der Waals surface area contributed by atoms with Gasteiger partial charge < -0.3 is 33.4 Å². The molecule has 0 radical (unpaired) electrons. The van der Waals surface area contributed by atoms with Gasteiger partial charge >= 0.3 is 24.0 Å². The van der Waals surface area contributed by atoms with Gasteiger partial charge in [0.2, 0.25) is 12.2 Å². The highest BCUT2D eigenvalue weighted by atomic mass is 16.7. The molecule has 0 unspecified atom stereocenters. The summed E-state index contributed by atoms with van der Waals surface area (Å²) < 4.78 is 33.0. The average molecular weight is 464 g/mol. The number of amides is 1. The lowest BCUT2D eigenvalue weighted by Crippen LogP contribution is -2.67. The molecule has 2 heterocycles. The number of hydrogen-bond acceptors (Lipinski definition) is 11. The summed E-state index contributed by atoms with van der Waals surface area (Å²) in [5.41, 5.74) is 0.968. The fraction of sp³-hybridized carbons (Fsp3) is 0.476. The van der Waals surface area contributed by atoms with Gasteiger partial charge in [0.25, 0.3) is 0 Å². The first kappa shape index (κ1) is 24.0. The number of rotatable bonds is 7. The highest BCUT2D eigenvalue weighted by Crippen LogP contribution is 2.30. The number of aromatic nitrogens is 1. The van der Waals surface area contributed by atoms with Crippen LogP contribution in [0.1, 0.15) is 27.7 Å². The molecule has 1 saturated heterocycles. The van der Waals surface area contributed by atoms with Crippen LogP contribution in [0.4, 0.5) is 0 Å². The van der Waals surface area contributed by atoms with Gasteiger partial charge in [0, 0.05) is 27.7 Å². The van der Waals surface area contributed by atoms with Gasteiger partial charge in [0.05, 0.1) is 0 Å². The van der Waals surface area contributed by atoms with Crippen LogP contribution in [0.2, 0.25) is 0 Å². The third-order valence-corrected chi connectivity index (χ3v) is 4.56. The number of carbonyl (C=O) groups is 4. The number of fused-ring (bicyclic) bond motifs is 1. The first-order chi connectivity index (χ1) is 15.6. The number of esters is 3. The van der Waals surface area contributed by atoms with Crippen LogP contribution in [0.3, 0.4) is 0 Å². The van der Waals surface area contributed by atoms with E-state index in [4.69, 9.17) is 28.1 Å². The molecule has 12 heteroatoms. The molecule has 1 aliphatic heterocycles. The van der Waals surface area contributed by atoms with E-state index >= 15 is 0 Å². The molecule has 3 rings (SSSR count). The standard InChI is InChI=1S/C21H24N2O10/c1-10(24)22-17-19(30-13(4)27)18(29-12(3)26)16(9-28-11(2)25)31-20(17)33-21-23-14-7-5-6-8-15(14)32-21/h5-8,16-20H,9H2,1-4H3,(H,22,24)/t16-,17-,18+,19-,20+/m0/s1. The third kappa shape index (κ3) is 6.19. The zero-order valence-corrected chi connectivity index (χ0v) is 18.4. The summed E-state index contributed by atoms with van der Waals surface area (Å²) >= 11 is 0. The van der Waals surface area contributed by atoms with Crippen LogP contribution in [0.15, 0.2) is 28.7 Å². The Morgan fingerprint density at radius 1 is 0.970 bits per heavy atom. The van der Waals surface area contributed by atoms with Gasteiger partial charge in [-0.25, -0.2) is 0 Å². The van der Waals surface area contributed by atoms with Gasteiger partial charge in [-0.3, -0.25) is 19.2 Å². The van der Waals surface area contributed by atoms with Crippen LogP contribution >= 0.6 is 0 Å². The summed E-state index contributed by atoms with van der Waals surface area (Å²) in [7, 11) is 0. The molecule has 0 spiro atoms. The van der Waals surface area contributed by atoms with Crippen molar-refractivity contribution in [3.8, 4) is 6.08 Å². The number of nitrogens with zero attached hydrogens (tertiary/aromatic N) is 1. The number of benzene rings is 1. The molecule has 1 aliphatic rings. The van der Waals surface area contributed by atoms with E-state index < -0.39 is 54.5 Å². The summed E-state index contributed by atoms with van der Waals surface area (Å²) in [6, 6.07) is 5.79. The molecule has 178 valence electrons. The van der Waals surface area contributed by atoms with E-state index in [9.17, 15) is 19.2 Å². The molecule has 1 aromatic carbocycles. The van der Waals surface area contributed by atoms with Gasteiger partial charge in [-0.1, -0.05) is 12.1 Å². The molecule has 0 aliphatic carbocycles. The maximum absolute atomic E-state index is 11.9. The van der Waals surface area contributed by atoms with E-state index in [-0.39, 0.29) is 12.7 Å². The Kier molecular flexibility index (Phi) is 7.48. The quantitative estimate of drug-likeness (QED) is 0.459. The highest BCUT2D eigenvalue weighted by molar-refractivity contribution is 5.74. The maximum atomic E-state index is 11.9. The number of nitrogens with one attached hydrogen (secondary N) is 1. The normalized spacial score (nSPS) is 24.5. The van der Waals surface area contributed by atoms with Crippen molar-refractivity contribution in [2.24, 2.45) is 0 Å². The first-order valence-corrected chi connectivity index (χ1v) is 10.1. The van der Waals surface area contributed by atoms with Gasteiger partial charge in [-0.15, -0.1) is 0 Å². The van der Waals surface area contributed by atoms with Crippen molar-refractivity contribution < 1.29 is 47.3 Å². The van der Waals surface area contributed by atoms with Crippen molar-refractivity contribution in [1.29, 1.82) is 0 Å². The Morgan fingerprint density at radius 3 is 2.24 bits per heavy atom.